The molecule has 3 heterocycles. The minimum absolute atomic E-state index is 0.197. The van der Waals surface area contributed by atoms with E-state index < -0.39 is 0 Å². The van der Waals surface area contributed by atoms with E-state index in [1.807, 2.05) is 12.3 Å². The monoisotopic (exact) mass is 433 g/mol. The van der Waals surface area contributed by atoms with Gasteiger partial charge < -0.3 is 0 Å². The Labute approximate surface area is 182 Å². The van der Waals surface area contributed by atoms with Crippen LogP contribution in [-0.4, -0.2) is 25.8 Å². The largest absolute Gasteiger partial charge is 0.298 e. The molecule has 1 N–H and O–H groups in total. The molecule has 8 heteroatoms. The Bertz CT molecular complexity index is 1170. The van der Waals surface area contributed by atoms with Crippen molar-refractivity contribution in [2.45, 2.75) is 30.7 Å². The molecule has 0 saturated carbocycles. The fourth-order valence-corrected chi connectivity index (χ4v) is 4.68. The summed E-state index contributed by atoms with van der Waals surface area (Å²) in [4.78, 5) is 30.7. The standard InChI is InChI=1S/C22H19N5OS2/c1-13-8-17(30-19-11-24-15(3)10-25-19)9-14(2)20(13)18-12-29-22(26-18)27-21(28)16-4-6-23-7-5-16/h4-12H,1-3H3,(H,26,27,28). The molecule has 0 bridgehead atoms. The van der Waals surface area contributed by atoms with Gasteiger partial charge in [-0.3, -0.25) is 20.1 Å². The highest BCUT2D eigenvalue weighted by Crippen LogP contribution is 2.35. The number of carbonyl (C=O) groups is 1. The summed E-state index contributed by atoms with van der Waals surface area (Å²) >= 11 is 3.00. The molecule has 0 unspecified atom stereocenters. The average Bonchev–Trinajstić information content (AvgIpc) is 3.18. The zero-order valence-corrected chi connectivity index (χ0v) is 18.3. The quantitative estimate of drug-likeness (QED) is 0.458. The minimum Gasteiger partial charge on any atom is -0.298 e. The van der Waals surface area contributed by atoms with Gasteiger partial charge in [0.1, 0.15) is 5.03 Å². The lowest BCUT2D eigenvalue weighted by Crippen LogP contribution is -2.11. The first-order valence-corrected chi connectivity index (χ1v) is 10.9. The molecule has 1 amide bonds. The van der Waals surface area contributed by atoms with Crippen LogP contribution < -0.4 is 5.32 Å². The van der Waals surface area contributed by atoms with Gasteiger partial charge in [-0.15, -0.1) is 11.3 Å². The van der Waals surface area contributed by atoms with E-state index in [0.29, 0.717) is 10.7 Å². The van der Waals surface area contributed by atoms with E-state index in [1.54, 1.807) is 48.7 Å². The third kappa shape index (κ3) is 4.55. The van der Waals surface area contributed by atoms with Gasteiger partial charge in [-0.2, -0.15) is 0 Å². The van der Waals surface area contributed by atoms with Gasteiger partial charge in [0, 0.05) is 40.0 Å². The summed E-state index contributed by atoms with van der Waals surface area (Å²) in [7, 11) is 0. The Hall–Kier alpha value is -3.10. The predicted octanol–water partition coefficient (Wildman–Crippen LogP) is 5.32. The summed E-state index contributed by atoms with van der Waals surface area (Å²) in [5.74, 6) is -0.197. The second-order valence-corrected chi connectivity index (χ2v) is 8.71. The first kappa shape index (κ1) is 20.2. The van der Waals surface area contributed by atoms with Crippen molar-refractivity contribution in [1.29, 1.82) is 0 Å². The number of aromatic nitrogens is 4. The molecule has 3 aromatic heterocycles. The fraction of sp³-hybridized carbons (Fsp3) is 0.136. The average molecular weight is 434 g/mol. The molecule has 0 fully saturated rings. The molecule has 0 spiro atoms. The van der Waals surface area contributed by atoms with E-state index in [9.17, 15) is 4.79 Å². The van der Waals surface area contributed by atoms with Crippen molar-refractivity contribution in [2.75, 3.05) is 5.32 Å². The zero-order valence-electron chi connectivity index (χ0n) is 16.7. The topological polar surface area (TPSA) is 80.7 Å². The van der Waals surface area contributed by atoms with Crippen LogP contribution in [0.1, 0.15) is 27.2 Å². The normalized spacial score (nSPS) is 10.8. The van der Waals surface area contributed by atoms with Crippen LogP contribution in [0.25, 0.3) is 11.3 Å². The Morgan fingerprint density at radius 2 is 1.77 bits per heavy atom. The molecule has 150 valence electrons. The summed E-state index contributed by atoms with van der Waals surface area (Å²) in [6.45, 7) is 6.07. The molecule has 4 aromatic rings. The van der Waals surface area contributed by atoms with Crippen LogP contribution in [0.3, 0.4) is 0 Å². The van der Waals surface area contributed by atoms with Crippen molar-refractivity contribution >= 4 is 34.1 Å². The van der Waals surface area contributed by atoms with Crippen molar-refractivity contribution < 1.29 is 4.79 Å². The van der Waals surface area contributed by atoms with E-state index in [-0.39, 0.29) is 5.91 Å². The van der Waals surface area contributed by atoms with Gasteiger partial charge in [0.2, 0.25) is 0 Å². The van der Waals surface area contributed by atoms with Gasteiger partial charge in [-0.1, -0.05) is 11.8 Å². The molecule has 0 aliphatic heterocycles. The second kappa shape index (κ2) is 8.73. The smallest absolute Gasteiger partial charge is 0.257 e. The molecule has 0 saturated heterocycles. The van der Waals surface area contributed by atoms with Crippen molar-refractivity contribution in [3.63, 3.8) is 0 Å². The van der Waals surface area contributed by atoms with E-state index in [0.717, 1.165) is 38.0 Å². The SMILES string of the molecule is Cc1cnc(Sc2cc(C)c(-c3csc(NC(=O)c4ccncc4)n3)c(C)c2)cn1. The van der Waals surface area contributed by atoms with Gasteiger partial charge in [0.25, 0.3) is 5.91 Å². The lowest BCUT2D eigenvalue weighted by atomic mass is 10.0. The Morgan fingerprint density at radius 1 is 1.03 bits per heavy atom. The molecule has 0 aliphatic carbocycles. The second-order valence-electron chi connectivity index (χ2n) is 6.76. The van der Waals surface area contributed by atoms with Crippen LogP contribution in [0.15, 0.2) is 64.4 Å². The summed E-state index contributed by atoms with van der Waals surface area (Å²) in [6.07, 6.45) is 6.75. The molecule has 0 atom stereocenters. The van der Waals surface area contributed by atoms with Crippen LogP contribution in [0, 0.1) is 20.8 Å². The number of nitrogens with one attached hydrogen (secondary N) is 1. The van der Waals surface area contributed by atoms with Crippen LogP contribution in [0.2, 0.25) is 0 Å². The number of anilines is 1. The van der Waals surface area contributed by atoms with E-state index >= 15 is 0 Å². The predicted molar refractivity (Wildman–Crippen MR) is 120 cm³/mol. The summed E-state index contributed by atoms with van der Waals surface area (Å²) in [5, 5.41) is 6.26. The van der Waals surface area contributed by atoms with E-state index in [4.69, 9.17) is 0 Å². The van der Waals surface area contributed by atoms with Crippen molar-refractivity contribution in [1.82, 2.24) is 19.9 Å². The molecule has 4 rings (SSSR count). The maximum Gasteiger partial charge on any atom is 0.257 e. The molecule has 0 aliphatic rings. The van der Waals surface area contributed by atoms with E-state index in [1.165, 1.54) is 11.3 Å². The number of amides is 1. The Morgan fingerprint density at radius 3 is 2.43 bits per heavy atom. The molecule has 30 heavy (non-hydrogen) atoms. The van der Waals surface area contributed by atoms with Crippen LogP contribution >= 0.6 is 23.1 Å². The summed E-state index contributed by atoms with van der Waals surface area (Å²) < 4.78 is 0. The maximum atomic E-state index is 12.3. The van der Waals surface area contributed by atoms with Crippen molar-refractivity contribution in [2.24, 2.45) is 0 Å². The highest BCUT2D eigenvalue weighted by Gasteiger charge is 2.14. The molecule has 6 nitrogen and oxygen atoms in total. The third-order valence-electron chi connectivity index (χ3n) is 4.41. The number of hydrogen-bond acceptors (Lipinski definition) is 7. The first-order chi connectivity index (χ1) is 14.5. The number of carbonyl (C=O) groups excluding carboxylic acids is 1. The Kier molecular flexibility index (Phi) is 5.87. The third-order valence-corrected chi connectivity index (χ3v) is 6.06. The molecule has 0 radical (unpaired) electrons. The van der Waals surface area contributed by atoms with Gasteiger partial charge >= 0.3 is 0 Å². The first-order valence-electron chi connectivity index (χ1n) is 9.24. The summed E-state index contributed by atoms with van der Waals surface area (Å²) in [6, 6.07) is 7.60. The number of hydrogen-bond donors (Lipinski definition) is 1. The highest BCUT2D eigenvalue weighted by atomic mass is 32.2. The van der Waals surface area contributed by atoms with Gasteiger partial charge in [-0.05, 0) is 56.2 Å². The molecule has 1 aromatic carbocycles. The van der Waals surface area contributed by atoms with Crippen LogP contribution in [0.4, 0.5) is 5.13 Å². The van der Waals surface area contributed by atoms with Crippen LogP contribution in [0.5, 0.6) is 0 Å². The zero-order chi connectivity index (χ0) is 21.1. The fourth-order valence-electron chi connectivity index (χ4n) is 3.06. The lowest BCUT2D eigenvalue weighted by molar-refractivity contribution is 0.102. The Balaban J connectivity index is 1.54. The number of thiazole rings is 1. The van der Waals surface area contributed by atoms with Crippen LogP contribution in [-0.2, 0) is 0 Å². The number of rotatable bonds is 5. The minimum atomic E-state index is -0.197. The number of aryl methyl sites for hydroxylation is 3. The lowest BCUT2D eigenvalue weighted by Gasteiger charge is -2.10. The van der Waals surface area contributed by atoms with Gasteiger partial charge in [0.05, 0.1) is 17.6 Å². The maximum absolute atomic E-state index is 12.3. The number of benzene rings is 1. The highest BCUT2D eigenvalue weighted by molar-refractivity contribution is 7.99. The van der Waals surface area contributed by atoms with Crippen molar-refractivity contribution in [3.8, 4) is 11.3 Å². The van der Waals surface area contributed by atoms with Crippen molar-refractivity contribution in [3.05, 3.63) is 76.8 Å². The molecular weight excluding hydrogens is 414 g/mol. The number of nitrogens with zero attached hydrogens (tertiary/aromatic N) is 4. The van der Waals surface area contributed by atoms with E-state index in [2.05, 4.69) is 51.2 Å². The van der Waals surface area contributed by atoms with Gasteiger partial charge in [-0.25, -0.2) is 9.97 Å². The number of pyridine rings is 1. The van der Waals surface area contributed by atoms with Gasteiger partial charge in [0.15, 0.2) is 5.13 Å². The molecular formula is C22H19N5OS2. The summed E-state index contributed by atoms with van der Waals surface area (Å²) in [5.41, 5.74) is 5.62.